The largest absolute Gasteiger partial charge is 0.381 e. The van der Waals surface area contributed by atoms with Crippen molar-refractivity contribution in [3.63, 3.8) is 0 Å². The summed E-state index contributed by atoms with van der Waals surface area (Å²) in [5.74, 6) is 0.626. The SMILES string of the molecule is Cn1c(C2CCOCC2)c[n+]2cccc(Br)c12. The van der Waals surface area contributed by atoms with E-state index in [0.29, 0.717) is 5.92 Å². The number of pyridine rings is 1. The molecule has 1 saturated heterocycles. The van der Waals surface area contributed by atoms with E-state index >= 15 is 0 Å². The number of imidazole rings is 1. The number of fused-ring (bicyclic) bond motifs is 1. The van der Waals surface area contributed by atoms with Gasteiger partial charge in [-0.2, -0.15) is 0 Å². The summed E-state index contributed by atoms with van der Waals surface area (Å²) in [5.41, 5.74) is 2.62. The Hall–Kier alpha value is -0.870. The molecular formula is C13H16BrN2O+. The molecule has 2 aromatic rings. The lowest BCUT2D eigenvalue weighted by molar-refractivity contribution is -0.511. The van der Waals surface area contributed by atoms with Crippen molar-refractivity contribution in [2.75, 3.05) is 13.2 Å². The first-order valence-corrected chi connectivity index (χ1v) is 6.79. The summed E-state index contributed by atoms with van der Waals surface area (Å²) in [5, 5.41) is 0. The third-order valence-corrected chi connectivity index (χ3v) is 4.18. The Kier molecular flexibility index (Phi) is 2.92. The van der Waals surface area contributed by atoms with Crippen LogP contribution in [0.5, 0.6) is 0 Å². The van der Waals surface area contributed by atoms with Crippen LogP contribution in [-0.4, -0.2) is 17.8 Å². The van der Waals surface area contributed by atoms with Crippen molar-refractivity contribution in [3.8, 4) is 0 Å². The minimum Gasteiger partial charge on any atom is -0.381 e. The van der Waals surface area contributed by atoms with Crippen LogP contribution in [0.15, 0.2) is 29.0 Å². The van der Waals surface area contributed by atoms with Gasteiger partial charge < -0.3 is 4.74 Å². The molecule has 0 saturated carbocycles. The Labute approximate surface area is 109 Å². The second-order valence-corrected chi connectivity index (χ2v) is 5.44. The van der Waals surface area contributed by atoms with Crippen molar-refractivity contribution < 1.29 is 9.14 Å². The number of rotatable bonds is 1. The molecule has 0 atom stereocenters. The zero-order chi connectivity index (χ0) is 11.8. The van der Waals surface area contributed by atoms with E-state index in [2.05, 4.69) is 56.5 Å². The van der Waals surface area contributed by atoms with Crippen molar-refractivity contribution in [2.45, 2.75) is 18.8 Å². The summed E-state index contributed by atoms with van der Waals surface area (Å²) in [6, 6.07) is 4.15. The van der Waals surface area contributed by atoms with Crippen molar-refractivity contribution in [2.24, 2.45) is 7.05 Å². The highest BCUT2D eigenvalue weighted by Crippen LogP contribution is 2.28. The van der Waals surface area contributed by atoms with E-state index < -0.39 is 0 Å². The van der Waals surface area contributed by atoms with E-state index in [9.17, 15) is 0 Å². The standard InChI is InChI=1S/C13H16BrN2O/c1-15-12(10-4-7-17-8-5-10)9-16-6-2-3-11(14)13(15)16/h2-3,6,9-10H,4-5,7-8H2,1H3/q+1. The predicted octanol–water partition coefficient (Wildman–Crippen LogP) is 2.42. The van der Waals surface area contributed by atoms with Crippen molar-refractivity contribution in [1.82, 2.24) is 4.57 Å². The maximum atomic E-state index is 5.43. The summed E-state index contributed by atoms with van der Waals surface area (Å²) in [6.07, 6.45) is 6.60. The van der Waals surface area contributed by atoms with Crippen molar-refractivity contribution >= 4 is 21.6 Å². The van der Waals surface area contributed by atoms with E-state index in [1.54, 1.807) is 0 Å². The molecule has 4 heteroatoms. The molecule has 0 bridgehead atoms. The van der Waals surface area contributed by atoms with Crippen LogP contribution in [0.25, 0.3) is 5.65 Å². The van der Waals surface area contributed by atoms with Crippen LogP contribution in [0, 0.1) is 0 Å². The Morgan fingerprint density at radius 1 is 1.41 bits per heavy atom. The van der Waals surface area contributed by atoms with Gasteiger partial charge in [-0.1, -0.05) is 0 Å². The molecule has 0 amide bonds. The summed E-state index contributed by atoms with van der Waals surface area (Å²) in [6.45, 7) is 1.77. The van der Waals surface area contributed by atoms with Gasteiger partial charge in [-0.25, -0.2) is 8.97 Å². The van der Waals surface area contributed by atoms with Gasteiger partial charge in [0.05, 0.1) is 13.2 Å². The summed E-state index contributed by atoms with van der Waals surface area (Å²) in [4.78, 5) is 0. The summed E-state index contributed by atoms with van der Waals surface area (Å²) >= 11 is 3.62. The zero-order valence-electron chi connectivity index (χ0n) is 9.90. The van der Waals surface area contributed by atoms with Gasteiger partial charge in [0.1, 0.15) is 16.4 Å². The molecule has 1 aliphatic rings. The molecule has 1 fully saturated rings. The lowest BCUT2D eigenvalue weighted by Gasteiger charge is -2.19. The zero-order valence-corrected chi connectivity index (χ0v) is 11.5. The molecule has 0 aliphatic carbocycles. The van der Waals surface area contributed by atoms with Crippen LogP contribution in [0.3, 0.4) is 0 Å². The Morgan fingerprint density at radius 3 is 2.88 bits per heavy atom. The lowest BCUT2D eigenvalue weighted by Crippen LogP contribution is -2.18. The van der Waals surface area contributed by atoms with Gasteiger partial charge in [0.25, 0.3) is 0 Å². The van der Waals surface area contributed by atoms with E-state index in [0.717, 1.165) is 30.5 Å². The van der Waals surface area contributed by atoms with Gasteiger partial charge in [0, 0.05) is 19.1 Å². The first-order chi connectivity index (χ1) is 8.27. The topological polar surface area (TPSA) is 18.3 Å². The Morgan fingerprint density at radius 2 is 2.18 bits per heavy atom. The molecule has 0 N–H and O–H groups in total. The van der Waals surface area contributed by atoms with Crippen LogP contribution >= 0.6 is 15.9 Å². The fraction of sp³-hybridized carbons (Fsp3) is 0.462. The lowest BCUT2D eigenvalue weighted by atomic mass is 9.97. The van der Waals surface area contributed by atoms with Crippen LogP contribution in [-0.2, 0) is 11.8 Å². The minimum atomic E-state index is 0.626. The molecule has 0 spiro atoms. The molecule has 90 valence electrons. The average molecular weight is 296 g/mol. The summed E-state index contributed by atoms with van der Waals surface area (Å²) in [7, 11) is 2.14. The molecule has 0 aromatic carbocycles. The van der Waals surface area contributed by atoms with E-state index in [4.69, 9.17) is 4.74 Å². The quantitative estimate of drug-likeness (QED) is 0.739. The molecule has 2 aromatic heterocycles. The maximum absolute atomic E-state index is 5.43. The van der Waals surface area contributed by atoms with Crippen LogP contribution in [0.2, 0.25) is 0 Å². The number of ether oxygens (including phenoxy) is 1. The Bertz CT molecular complexity index is 544. The van der Waals surface area contributed by atoms with E-state index in [1.165, 1.54) is 11.3 Å². The first kappa shape index (κ1) is 11.2. The molecule has 3 rings (SSSR count). The van der Waals surface area contributed by atoms with E-state index in [1.807, 2.05) is 0 Å². The van der Waals surface area contributed by atoms with E-state index in [-0.39, 0.29) is 0 Å². The van der Waals surface area contributed by atoms with Crippen LogP contribution in [0.1, 0.15) is 24.5 Å². The van der Waals surface area contributed by atoms with Crippen LogP contribution < -0.4 is 4.40 Å². The first-order valence-electron chi connectivity index (χ1n) is 6.00. The smallest absolute Gasteiger partial charge is 0.300 e. The van der Waals surface area contributed by atoms with Crippen molar-refractivity contribution in [1.29, 1.82) is 0 Å². The molecule has 1 aliphatic heterocycles. The predicted molar refractivity (Wildman–Crippen MR) is 69.1 cm³/mol. The number of aromatic nitrogens is 2. The van der Waals surface area contributed by atoms with Gasteiger partial charge in [-0.15, -0.1) is 0 Å². The summed E-state index contributed by atoms with van der Waals surface area (Å²) < 4.78 is 11.1. The minimum absolute atomic E-state index is 0.626. The number of nitrogens with zero attached hydrogens (tertiary/aromatic N) is 2. The normalized spacial score (nSPS) is 17.8. The van der Waals surface area contributed by atoms with Gasteiger partial charge >= 0.3 is 5.65 Å². The second kappa shape index (κ2) is 4.42. The average Bonchev–Trinajstić information content (AvgIpc) is 2.69. The van der Waals surface area contributed by atoms with Gasteiger partial charge in [-0.3, -0.25) is 0 Å². The van der Waals surface area contributed by atoms with Gasteiger partial charge in [0.15, 0.2) is 0 Å². The number of hydrogen-bond acceptors (Lipinski definition) is 1. The molecule has 17 heavy (non-hydrogen) atoms. The molecule has 0 unspecified atom stereocenters. The van der Waals surface area contributed by atoms with Gasteiger partial charge in [0.2, 0.25) is 0 Å². The highest BCUT2D eigenvalue weighted by Gasteiger charge is 2.26. The number of aryl methyl sites for hydroxylation is 1. The second-order valence-electron chi connectivity index (χ2n) is 4.59. The van der Waals surface area contributed by atoms with Crippen LogP contribution in [0.4, 0.5) is 0 Å². The molecule has 3 heterocycles. The molecule has 0 radical (unpaired) electrons. The number of halogens is 1. The van der Waals surface area contributed by atoms with Gasteiger partial charge in [-0.05, 0) is 40.9 Å². The maximum Gasteiger partial charge on any atom is 0.300 e. The third kappa shape index (κ3) is 1.89. The fourth-order valence-corrected chi connectivity index (χ4v) is 3.27. The highest BCUT2D eigenvalue weighted by molar-refractivity contribution is 9.10. The molecular weight excluding hydrogens is 280 g/mol. The Balaban J connectivity index is 2.10. The van der Waals surface area contributed by atoms with Crippen molar-refractivity contribution in [3.05, 3.63) is 34.7 Å². The molecule has 3 nitrogen and oxygen atoms in total. The number of hydrogen-bond donors (Lipinski definition) is 0. The fourth-order valence-electron chi connectivity index (χ4n) is 2.65. The monoisotopic (exact) mass is 295 g/mol. The third-order valence-electron chi connectivity index (χ3n) is 3.56. The highest BCUT2D eigenvalue weighted by atomic mass is 79.9.